The van der Waals surface area contributed by atoms with Gasteiger partial charge in [0, 0.05) is 19.0 Å². The number of likely N-dealkylation sites (N-methyl/N-ethyl adjacent to an activating group) is 1. The lowest BCUT2D eigenvalue weighted by molar-refractivity contribution is -0.124. The molecular weight excluding hydrogens is 250 g/mol. The lowest BCUT2D eigenvalue weighted by Crippen LogP contribution is -2.46. The summed E-state index contributed by atoms with van der Waals surface area (Å²) in [6.45, 7) is 2.62. The molecule has 0 aromatic heterocycles. The molecule has 0 spiro atoms. The molecule has 116 valence electrons. The second kappa shape index (κ2) is 7.41. The highest BCUT2D eigenvalue weighted by Crippen LogP contribution is 2.38. The summed E-state index contributed by atoms with van der Waals surface area (Å²) >= 11 is 0. The van der Waals surface area contributed by atoms with E-state index in [0.717, 1.165) is 25.9 Å². The van der Waals surface area contributed by atoms with E-state index in [1.807, 2.05) is 0 Å². The van der Waals surface area contributed by atoms with Gasteiger partial charge < -0.3 is 16.0 Å². The molecule has 1 amide bonds. The molecule has 4 heteroatoms. The number of carbonyl (C=O) groups is 1. The zero-order valence-electron chi connectivity index (χ0n) is 13.0. The molecule has 1 heterocycles. The number of carbonyl (C=O) groups excluding carboxylic acids is 1. The van der Waals surface area contributed by atoms with E-state index < -0.39 is 0 Å². The van der Waals surface area contributed by atoms with Gasteiger partial charge in [-0.2, -0.15) is 0 Å². The van der Waals surface area contributed by atoms with Crippen LogP contribution in [0.5, 0.6) is 0 Å². The molecule has 1 atom stereocenters. The Hall–Kier alpha value is -0.610. The molecule has 1 saturated carbocycles. The number of hydrogen-bond acceptors (Lipinski definition) is 3. The van der Waals surface area contributed by atoms with Gasteiger partial charge in [0.05, 0.1) is 0 Å². The monoisotopic (exact) mass is 281 g/mol. The fraction of sp³-hybridized carbons (Fsp3) is 0.938. The van der Waals surface area contributed by atoms with Gasteiger partial charge in [-0.05, 0) is 51.2 Å². The van der Waals surface area contributed by atoms with Crippen molar-refractivity contribution < 1.29 is 4.79 Å². The summed E-state index contributed by atoms with van der Waals surface area (Å²) in [6, 6.07) is 0.521. The summed E-state index contributed by atoms with van der Waals surface area (Å²) in [6.07, 6.45) is 10.4. The molecule has 2 fully saturated rings. The molecular formula is C16H31N3O. The summed E-state index contributed by atoms with van der Waals surface area (Å²) in [4.78, 5) is 14.6. The van der Waals surface area contributed by atoms with Crippen LogP contribution in [0.15, 0.2) is 0 Å². The van der Waals surface area contributed by atoms with Crippen LogP contribution in [-0.4, -0.2) is 43.5 Å². The molecule has 0 bridgehead atoms. The molecule has 0 aromatic carbocycles. The van der Waals surface area contributed by atoms with Crippen molar-refractivity contribution in [2.75, 3.05) is 26.7 Å². The molecule has 0 radical (unpaired) electrons. The van der Waals surface area contributed by atoms with Crippen LogP contribution in [0.4, 0.5) is 0 Å². The lowest BCUT2D eigenvalue weighted by atomic mass is 9.71. The molecule has 1 saturated heterocycles. The molecule has 3 N–H and O–H groups in total. The van der Waals surface area contributed by atoms with Crippen molar-refractivity contribution in [1.29, 1.82) is 0 Å². The zero-order valence-corrected chi connectivity index (χ0v) is 13.0. The average molecular weight is 281 g/mol. The number of nitrogens with zero attached hydrogens (tertiary/aromatic N) is 1. The summed E-state index contributed by atoms with van der Waals surface area (Å²) < 4.78 is 0. The average Bonchev–Trinajstić information content (AvgIpc) is 2.47. The van der Waals surface area contributed by atoms with Crippen LogP contribution in [0.25, 0.3) is 0 Å². The van der Waals surface area contributed by atoms with Crippen LogP contribution < -0.4 is 11.1 Å². The third-order valence-electron chi connectivity index (χ3n) is 5.34. The first-order valence-electron chi connectivity index (χ1n) is 8.32. The van der Waals surface area contributed by atoms with Gasteiger partial charge >= 0.3 is 0 Å². The normalized spacial score (nSPS) is 27.2. The Balaban J connectivity index is 1.76. The number of hydrogen-bond donors (Lipinski definition) is 2. The van der Waals surface area contributed by atoms with Crippen molar-refractivity contribution in [1.82, 2.24) is 10.2 Å². The minimum absolute atomic E-state index is 0.0841. The quantitative estimate of drug-likeness (QED) is 0.809. The Morgan fingerprint density at radius 1 is 1.25 bits per heavy atom. The molecule has 1 unspecified atom stereocenters. The van der Waals surface area contributed by atoms with Gasteiger partial charge in [-0.25, -0.2) is 0 Å². The van der Waals surface area contributed by atoms with Crippen molar-refractivity contribution in [3.05, 3.63) is 0 Å². The highest BCUT2D eigenvalue weighted by molar-refractivity contribution is 5.76. The number of amides is 1. The van der Waals surface area contributed by atoms with Crippen LogP contribution >= 0.6 is 0 Å². The highest BCUT2D eigenvalue weighted by atomic mass is 16.1. The van der Waals surface area contributed by atoms with E-state index in [1.54, 1.807) is 0 Å². The largest absolute Gasteiger partial charge is 0.355 e. The second-order valence-electron chi connectivity index (χ2n) is 6.88. The fourth-order valence-corrected chi connectivity index (χ4v) is 3.79. The third kappa shape index (κ3) is 4.19. The predicted molar refractivity (Wildman–Crippen MR) is 82.5 cm³/mol. The topological polar surface area (TPSA) is 58.4 Å². The van der Waals surface area contributed by atoms with Crippen LogP contribution in [-0.2, 0) is 4.79 Å². The number of nitrogens with one attached hydrogen (secondary N) is 1. The maximum Gasteiger partial charge on any atom is 0.220 e. The summed E-state index contributed by atoms with van der Waals surface area (Å²) in [5, 5.41) is 3.15. The van der Waals surface area contributed by atoms with Crippen molar-refractivity contribution >= 4 is 5.91 Å². The standard InChI is InChI=1S/C16H31N3O/c1-19-10-6-3-7-14(19)12-18-15(20)11-16(13-17)8-4-2-5-9-16/h14H,2-13,17H2,1H3,(H,18,20). The number of likely N-dealkylation sites (tertiary alicyclic amines) is 1. The van der Waals surface area contributed by atoms with Gasteiger partial charge in [0.1, 0.15) is 0 Å². The van der Waals surface area contributed by atoms with Crippen molar-refractivity contribution in [3.63, 3.8) is 0 Å². The van der Waals surface area contributed by atoms with Gasteiger partial charge in [0.25, 0.3) is 0 Å². The van der Waals surface area contributed by atoms with E-state index in [9.17, 15) is 4.79 Å². The van der Waals surface area contributed by atoms with Gasteiger partial charge in [-0.15, -0.1) is 0 Å². The van der Waals surface area contributed by atoms with Crippen molar-refractivity contribution in [2.24, 2.45) is 11.1 Å². The van der Waals surface area contributed by atoms with E-state index in [2.05, 4.69) is 17.3 Å². The molecule has 1 aliphatic carbocycles. The summed E-state index contributed by atoms with van der Waals surface area (Å²) in [5.41, 5.74) is 6.04. The summed E-state index contributed by atoms with van der Waals surface area (Å²) in [5.74, 6) is 0.205. The predicted octanol–water partition coefficient (Wildman–Crippen LogP) is 1.89. The maximum atomic E-state index is 12.2. The first-order valence-corrected chi connectivity index (χ1v) is 8.32. The Bertz CT molecular complexity index is 313. The Labute approximate surface area is 123 Å². The van der Waals surface area contributed by atoms with Crippen LogP contribution in [0, 0.1) is 5.41 Å². The van der Waals surface area contributed by atoms with E-state index in [-0.39, 0.29) is 11.3 Å². The molecule has 2 rings (SSSR count). The minimum Gasteiger partial charge on any atom is -0.355 e. The summed E-state index contributed by atoms with van der Waals surface area (Å²) in [7, 11) is 2.17. The highest BCUT2D eigenvalue weighted by Gasteiger charge is 2.33. The molecule has 2 aliphatic rings. The fourth-order valence-electron chi connectivity index (χ4n) is 3.79. The first-order chi connectivity index (χ1) is 9.65. The van der Waals surface area contributed by atoms with Gasteiger partial charge in [0.2, 0.25) is 5.91 Å². The van der Waals surface area contributed by atoms with E-state index in [1.165, 1.54) is 38.5 Å². The molecule has 4 nitrogen and oxygen atoms in total. The number of rotatable bonds is 5. The Morgan fingerprint density at radius 2 is 2.00 bits per heavy atom. The number of piperidine rings is 1. The van der Waals surface area contributed by atoms with Gasteiger partial charge in [-0.1, -0.05) is 25.7 Å². The van der Waals surface area contributed by atoms with Crippen LogP contribution in [0.2, 0.25) is 0 Å². The second-order valence-corrected chi connectivity index (χ2v) is 6.88. The first kappa shape index (κ1) is 15.8. The lowest BCUT2D eigenvalue weighted by Gasteiger charge is -2.36. The maximum absolute atomic E-state index is 12.2. The molecule has 20 heavy (non-hydrogen) atoms. The smallest absolute Gasteiger partial charge is 0.220 e. The zero-order chi connectivity index (χ0) is 14.4. The van der Waals surface area contributed by atoms with Crippen molar-refractivity contribution in [2.45, 2.75) is 63.8 Å². The van der Waals surface area contributed by atoms with Gasteiger partial charge in [-0.3, -0.25) is 4.79 Å². The van der Waals surface area contributed by atoms with E-state index in [0.29, 0.717) is 19.0 Å². The van der Waals surface area contributed by atoms with Gasteiger partial charge in [0.15, 0.2) is 0 Å². The minimum atomic E-state index is 0.0841. The Kier molecular flexibility index (Phi) is 5.85. The van der Waals surface area contributed by atoms with E-state index in [4.69, 9.17) is 5.73 Å². The van der Waals surface area contributed by atoms with E-state index >= 15 is 0 Å². The number of nitrogens with two attached hydrogens (primary N) is 1. The van der Waals surface area contributed by atoms with Crippen molar-refractivity contribution in [3.8, 4) is 0 Å². The molecule has 0 aromatic rings. The third-order valence-corrected chi connectivity index (χ3v) is 5.34. The SMILES string of the molecule is CN1CCCCC1CNC(=O)CC1(CN)CCCCC1. The van der Waals surface area contributed by atoms with Crippen LogP contribution in [0.3, 0.4) is 0 Å². The Morgan fingerprint density at radius 3 is 2.65 bits per heavy atom. The van der Waals surface area contributed by atoms with Crippen LogP contribution in [0.1, 0.15) is 57.8 Å². The molecule has 1 aliphatic heterocycles.